The van der Waals surface area contributed by atoms with Gasteiger partial charge < -0.3 is 15.2 Å². The van der Waals surface area contributed by atoms with Crippen LogP contribution in [0, 0.1) is 17.1 Å². The smallest absolute Gasteiger partial charge is 0.350 e. The quantitative estimate of drug-likeness (QED) is 0.369. The summed E-state index contributed by atoms with van der Waals surface area (Å²) in [5, 5.41) is 20.2. The lowest BCUT2D eigenvalue weighted by Crippen LogP contribution is -2.08. The van der Waals surface area contributed by atoms with Crippen LogP contribution in [0.1, 0.15) is 6.92 Å². The fraction of sp³-hybridized carbons (Fsp3) is 0.167. The maximum absolute atomic E-state index is 13.3. The van der Waals surface area contributed by atoms with E-state index >= 15 is 0 Å². The summed E-state index contributed by atoms with van der Waals surface area (Å²) in [6.07, 6.45) is 1.05. The van der Waals surface area contributed by atoms with Crippen molar-refractivity contribution in [3.05, 3.63) is 35.8 Å². The Balaban J connectivity index is 2.84. The van der Waals surface area contributed by atoms with Crippen LogP contribution in [0.4, 0.5) is 10.1 Å². The Hall–Kier alpha value is -2.55. The molecule has 1 aromatic rings. The molecule has 0 saturated heterocycles. The molecule has 0 heterocycles. The molecule has 0 bridgehead atoms. The standard InChI is InChI=1S/C12H11FN2O3/c1-2-18-12(17)8(6-14)7-15-11-4-3-9(16)5-10(11)13/h3-5,7,15-16H,2H2,1H3/b8-7-. The highest BCUT2D eigenvalue weighted by Crippen LogP contribution is 2.19. The van der Waals surface area contributed by atoms with Crippen molar-refractivity contribution in [3.8, 4) is 11.8 Å². The minimum Gasteiger partial charge on any atom is -0.508 e. The van der Waals surface area contributed by atoms with Gasteiger partial charge in [-0.2, -0.15) is 5.26 Å². The molecule has 0 fully saturated rings. The number of hydrogen-bond acceptors (Lipinski definition) is 5. The van der Waals surface area contributed by atoms with Gasteiger partial charge in [-0.05, 0) is 19.1 Å². The van der Waals surface area contributed by atoms with Crippen molar-refractivity contribution >= 4 is 11.7 Å². The minimum absolute atomic E-state index is 0.0323. The number of phenols is 1. The number of halogens is 1. The van der Waals surface area contributed by atoms with Crippen molar-refractivity contribution in [3.63, 3.8) is 0 Å². The van der Waals surface area contributed by atoms with E-state index in [1.54, 1.807) is 13.0 Å². The maximum atomic E-state index is 13.3. The molecule has 6 heteroatoms. The number of rotatable bonds is 4. The second-order valence-electron chi connectivity index (χ2n) is 3.20. The van der Waals surface area contributed by atoms with E-state index in [1.807, 2.05) is 0 Å². The van der Waals surface area contributed by atoms with Gasteiger partial charge in [-0.3, -0.25) is 0 Å². The van der Waals surface area contributed by atoms with Crippen molar-refractivity contribution < 1.29 is 19.0 Å². The molecule has 0 unspecified atom stereocenters. The monoisotopic (exact) mass is 250 g/mol. The predicted molar refractivity (Wildman–Crippen MR) is 62.0 cm³/mol. The number of carbonyl (C=O) groups is 1. The second kappa shape index (κ2) is 6.25. The van der Waals surface area contributed by atoms with Crippen molar-refractivity contribution in [1.82, 2.24) is 0 Å². The molecule has 0 atom stereocenters. The van der Waals surface area contributed by atoms with E-state index in [9.17, 15) is 9.18 Å². The average molecular weight is 250 g/mol. The summed E-state index contributed by atoms with van der Waals surface area (Å²) in [6.45, 7) is 1.76. The molecule has 0 aliphatic carbocycles. The highest BCUT2D eigenvalue weighted by atomic mass is 19.1. The maximum Gasteiger partial charge on any atom is 0.350 e. The molecule has 1 aromatic carbocycles. The highest BCUT2D eigenvalue weighted by Gasteiger charge is 2.10. The normalized spacial score (nSPS) is 10.6. The first-order valence-electron chi connectivity index (χ1n) is 5.11. The lowest BCUT2D eigenvalue weighted by Gasteiger charge is -2.04. The number of nitriles is 1. The molecule has 5 nitrogen and oxygen atoms in total. The van der Waals surface area contributed by atoms with Crippen LogP contribution in [0.15, 0.2) is 30.0 Å². The van der Waals surface area contributed by atoms with Gasteiger partial charge in [0.1, 0.15) is 17.6 Å². The zero-order valence-electron chi connectivity index (χ0n) is 9.61. The summed E-state index contributed by atoms with van der Waals surface area (Å²) in [7, 11) is 0. The summed E-state index contributed by atoms with van der Waals surface area (Å²) in [4.78, 5) is 11.2. The number of nitrogens with zero attached hydrogens (tertiary/aromatic N) is 1. The van der Waals surface area contributed by atoms with Crippen LogP contribution in [0.5, 0.6) is 5.75 Å². The molecule has 0 amide bonds. The van der Waals surface area contributed by atoms with Gasteiger partial charge in [0.15, 0.2) is 5.57 Å². The van der Waals surface area contributed by atoms with E-state index in [0.29, 0.717) is 0 Å². The highest BCUT2D eigenvalue weighted by molar-refractivity contribution is 5.93. The van der Waals surface area contributed by atoms with Crippen LogP contribution in [0.3, 0.4) is 0 Å². The fourth-order valence-electron chi connectivity index (χ4n) is 1.12. The Kier molecular flexibility index (Phi) is 4.69. The average Bonchev–Trinajstić information content (AvgIpc) is 2.32. The van der Waals surface area contributed by atoms with Crippen LogP contribution in [-0.2, 0) is 9.53 Å². The zero-order valence-corrected chi connectivity index (χ0v) is 9.61. The van der Waals surface area contributed by atoms with Crippen molar-refractivity contribution in [1.29, 1.82) is 5.26 Å². The second-order valence-corrected chi connectivity index (χ2v) is 3.20. The van der Waals surface area contributed by atoms with E-state index in [2.05, 4.69) is 10.1 Å². The third-order valence-electron chi connectivity index (χ3n) is 1.94. The Bertz CT molecular complexity index is 521. The fourth-order valence-corrected chi connectivity index (χ4v) is 1.12. The van der Waals surface area contributed by atoms with E-state index in [1.165, 1.54) is 12.1 Å². The molecule has 0 spiro atoms. The van der Waals surface area contributed by atoms with Gasteiger partial charge in [-0.25, -0.2) is 9.18 Å². The first-order chi connectivity index (χ1) is 8.58. The van der Waals surface area contributed by atoms with Gasteiger partial charge >= 0.3 is 5.97 Å². The number of anilines is 1. The largest absolute Gasteiger partial charge is 0.508 e. The van der Waals surface area contributed by atoms with Gasteiger partial charge in [0.25, 0.3) is 0 Å². The minimum atomic E-state index is -0.785. The number of carbonyl (C=O) groups excluding carboxylic acids is 1. The number of hydrogen-bond donors (Lipinski definition) is 2. The Morgan fingerprint density at radius 1 is 1.67 bits per heavy atom. The summed E-state index contributed by atoms with van der Waals surface area (Å²) < 4.78 is 17.9. The topological polar surface area (TPSA) is 82.4 Å². The summed E-state index contributed by atoms with van der Waals surface area (Å²) in [6, 6.07) is 5.10. The summed E-state index contributed by atoms with van der Waals surface area (Å²) in [5.74, 6) is -1.70. The van der Waals surface area contributed by atoms with E-state index in [0.717, 1.165) is 12.3 Å². The molecular weight excluding hydrogens is 239 g/mol. The van der Waals surface area contributed by atoms with E-state index < -0.39 is 11.8 Å². The molecule has 0 aromatic heterocycles. The van der Waals surface area contributed by atoms with E-state index in [4.69, 9.17) is 10.4 Å². The van der Waals surface area contributed by atoms with Crippen molar-refractivity contribution in [2.75, 3.05) is 11.9 Å². The number of aromatic hydroxyl groups is 1. The zero-order chi connectivity index (χ0) is 13.5. The van der Waals surface area contributed by atoms with Crippen LogP contribution >= 0.6 is 0 Å². The molecule has 18 heavy (non-hydrogen) atoms. The number of esters is 1. The van der Waals surface area contributed by atoms with Crippen LogP contribution < -0.4 is 5.32 Å². The first kappa shape index (κ1) is 13.5. The molecule has 0 saturated carbocycles. The number of ether oxygens (including phenoxy) is 1. The van der Waals surface area contributed by atoms with Gasteiger partial charge in [0.05, 0.1) is 12.3 Å². The number of phenolic OH excluding ortho intramolecular Hbond substituents is 1. The third-order valence-corrected chi connectivity index (χ3v) is 1.94. The molecular formula is C12H11FN2O3. The predicted octanol–water partition coefficient (Wildman–Crippen LogP) is 1.91. The third kappa shape index (κ3) is 3.49. The molecule has 94 valence electrons. The van der Waals surface area contributed by atoms with Crippen molar-refractivity contribution in [2.45, 2.75) is 6.92 Å². The van der Waals surface area contributed by atoms with E-state index in [-0.39, 0.29) is 23.6 Å². The molecule has 1 rings (SSSR count). The Labute approximate surface area is 103 Å². The summed E-state index contributed by atoms with van der Waals surface area (Å²) >= 11 is 0. The van der Waals surface area contributed by atoms with Crippen LogP contribution in [-0.4, -0.2) is 17.7 Å². The molecule has 2 N–H and O–H groups in total. The van der Waals surface area contributed by atoms with Gasteiger partial charge in [-0.1, -0.05) is 0 Å². The molecule has 0 radical (unpaired) electrons. The SMILES string of the molecule is CCOC(=O)/C(C#N)=C\Nc1ccc(O)cc1F. The lowest BCUT2D eigenvalue weighted by molar-refractivity contribution is -0.138. The Morgan fingerprint density at radius 2 is 2.39 bits per heavy atom. The lowest BCUT2D eigenvalue weighted by atomic mass is 10.2. The Morgan fingerprint density at radius 3 is 2.94 bits per heavy atom. The molecule has 0 aliphatic heterocycles. The van der Waals surface area contributed by atoms with Gasteiger partial charge in [0, 0.05) is 12.3 Å². The summed E-state index contributed by atoms with van der Waals surface area (Å²) in [5.41, 5.74) is -0.242. The van der Waals surface area contributed by atoms with Crippen molar-refractivity contribution in [2.24, 2.45) is 0 Å². The first-order valence-corrected chi connectivity index (χ1v) is 5.11. The van der Waals surface area contributed by atoms with Crippen LogP contribution in [0.25, 0.3) is 0 Å². The number of nitrogens with one attached hydrogen (secondary N) is 1. The van der Waals surface area contributed by atoms with Gasteiger partial charge in [0.2, 0.25) is 0 Å². The van der Waals surface area contributed by atoms with Gasteiger partial charge in [-0.15, -0.1) is 0 Å². The van der Waals surface area contributed by atoms with Crippen LogP contribution in [0.2, 0.25) is 0 Å². The molecule has 0 aliphatic rings. The number of benzene rings is 1.